The molecule has 0 saturated heterocycles. The molecule has 1 amide bonds. The number of rotatable bonds is 7. The summed E-state index contributed by atoms with van der Waals surface area (Å²) in [4.78, 5) is 11.7. The topological polar surface area (TPSA) is 93.0 Å². The van der Waals surface area contributed by atoms with E-state index < -0.39 is 0 Å². The molecular weight excluding hydrogens is 220 g/mol. The summed E-state index contributed by atoms with van der Waals surface area (Å²) in [5, 5.41) is 9.45. The van der Waals surface area contributed by atoms with Gasteiger partial charge in [-0.2, -0.15) is 5.10 Å². The van der Waals surface area contributed by atoms with E-state index in [9.17, 15) is 4.79 Å². The van der Waals surface area contributed by atoms with Gasteiger partial charge in [0.05, 0.1) is 11.4 Å². The monoisotopic (exact) mass is 240 g/mol. The number of hydrogen-bond acceptors (Lipinski definition) is 4. The van der Waals surface area contributed by atoms with Gasteiger partial charge in [-0.15, -0.1) is 0 Å². The summed E-state index contributed by atoms with van der Waals surface area (Å²) in [7, 11) is 1.66. The Labute approximate surface area is 101 Å². The fraction of sp³-hybridized carbons (Fsp3) is 0.636. The average molecular weight is 240 g/mol. The number of ether oxygens (including phenoxy) is 1. The molecule has 1 rings (SSSR count). The maximum atomic E-state index is 11.7. The van der Waals surface area contributed by atoms with Crippen LogP contribution in [-0.4, -0.2) is 36.4 Å². The minimum absolute atomic E-state index is 0.226. The largest absolute Gasteiger partial charge is 0.395 e. The molecule has 0 saturated carbocycles. The van der Waals surface area contributed by atoms with E-state index >= 15 is 0 Å². The number of hydrogen-bond donors (Lipinski definition) is 3. The number of aryl methyl sites for hydroxylation is 1. The Morgan fingerprint density at radius 2 is 2.29 bits per heavy atom. The van der Waals surface area contributed by atoms with Gasteiger partial charge in [-0.25, -0.2) is 0 Å². The first-order valence-corrected chi connectivity index (χ1v) is 5.80. The quantitative estimate of drug-likeness (QED) is 0.612. The van der Waals surface area contributed by atoms with Crippen LogP contribution < -0.4 is 11.1 Å². The van der Waals surface area contributed by atoms with Crippen LogP contribution in [0.5, 0.6) is 0 Å². The van der Waals surface area contributed by atoms with Crippen LogP contribution in [0, 0.1) is 0 Å². The van der Waals surface area contributed by atoms with Crippen molar-refractivity contribution < 1.29 is 9.53 Å². The van der Waals surface area contributed by atoms with E-state index in [1.165, 1.54) is 0 Å². The minimum atomic E-state index is -0.226. The number of nitrogens with two attached hydrogens (primary N) is 1. The van der Waals surface area contributed by atoms with Crippen molar-refractivity contribution in [2.75, 3.05) is 26.0 Å². The van der Waals surface area contributed by atoms with Gasteiger partial charge in [-0.3, -0.25) is 9.89 Å². The van der Waals surface area contributed by atoms with Crippen LogP contribution in [0.3, 0.4) is 0 Å². The zero-order chi connectivity index (χ0) is 12.7. The molecule has 17 heavy (non-hydrogen) atoms. The van der Waals surface area contributed by atoms with Crippen molar-refractivity contribution in [2.45, 2.75) is 26.2 Å². The van der Waals surface area contributed by atoms with Gasteiger partial charge in [0, 0.05) is 20.3 Å². The van der Waals surface area contributed by atoms with E-state index in [0.29, 0.717) is 18.8 Å². The lowest BCUT2D eigenvalue weighted by Gasteiger charge is -2.03. The molecule has 0 aliphatic carbocycles. The summed E-state index contributed by atoms with van der Waals surface area (Å²) >= 11 is 0. The molecular formula is C11H20N4O2. The lowest BCUT2D eigenvalue weighted by Crippen LogP contribution is -2.25. The van der Waals surface area contributed by atoms with E-state index in [-0.39, 0.29) is 11.6 Å². The van der Waals surface area contributed by atoms with Crippen molar-refractivity contribution in [3.05, 3.63) is 11.4 Å². The molecule has 1 heterocycles. The number of methoxy groups -OCH3 is 1. The third kappa shape index (κ3) is 3.74. The number of nitrogens with zero attached hydrogens (tertiary/aromatic N) is 1. The van der Waals surface area contributed by atoms with Gasteiger partial charge in [-0.1, -0.05) is 6.92 Å². The molecule has 0 aliphatic rings. The Kier molecular flexibility index (Phi) is 5.48. The van der Waals surface area contributed by atoms with Crippen LogP contribution in [0.25, 0.3) is 0 Å². The van der Waals surface area contributed by atoms with Gasteiger partial charge in [0.15, 0.2) is 5.69 Å². The molecule has 0 unspecified atom stereocenters. The number of amides is 1. The van der Waals surface area contributed by atoms with Gasteiger partial charge < -0.3 is 15.8 Å². The van der Waals surface area contributed by atoms with Crippen LogP contribution in [0.15, 0.2) is 0 Å². The maximum Gasteiger partial charge on any atom is 0.273 e. The number of carbonyl (C=O) groups excluding carboxylic acids is 1. The van der Waals surface area contributed by atoms with Crippen LogP contribution >= 0.6 is 0 Å². The molecule has 4 N–H and O–H groups in total. The van der Waals surface area contributed by atoms with Crippen molar-refractivity contribution in [1.82, 2.24) is 15.5 Å². The Morgan fingerprint density at radius 3 is 2.88 bits per heavy atom. The Balaban J connectivity index is 2.39. The highest BCUT2D eigenvalue weighted by Crippen LogP contribution is 2.13. The van der Waals surface area contributed by atoms with Crippen molar-refractivity contribution in [3.8, 4) is 0 Å². The van der Waals surface area contributed by atoms with E-state index in [2.05, 4.69) is 15.5 Å². The summed E-state index contributed by atoms with van der Waals surface area (Å²) in [6, 6.07) is 0. The molecule has 0 atom stereocenters. The van der Waals surface area contributed by atoms with Crippen LogP contribution in [0.2, 0.25) is 0 Å². The minimum Gasteiger partial charge on any atom is -0.395 e. The first-order valence-electron chi connectivity index (χ1n) is 5.80. The summed E-state index contributed by atoms with van der Waals surface area (Å²) in [6.07, 6.45) is 2.54. The molecule has 0 radical (unpaired) electrons. The standard InChI is InChI=1S/C11H20N4O2/c1-3-8-9(12)10(15-14-8)11(16)13-6-4-5-7-17-2/h3-7,12H2,1-2H3,(H,13,16)(H,14,15). The first kappa shape index (κ1) is 13.5. The zero-order valence-corrected chi connectivity index (χ0v) is 10.4. The van der Waals surface area contributed by atoms with Gasteiger partial charge in [0.1, 0.15) is 0 Å². The summed E-state index contributed by atoms with van der Waals surface area (Å²) < 4.78 is 4.92. The molecule has 1 aromatic heterocycles. The molecule has 0 bridgehead atoms. The lowest BCUT2D eigenvalue weighted by atomic mass is 10.2. The molecule has 0 aliphatic heterocycles. The summed E-state index contributed by atoms with van der Waals surface area (Å²) in [5.74, 6) is -0.226. The van der Waals surface area contributed by atoms with Crippen LogP contribution in [0.4, 0.5) is 5.69 Å². The van der Waals surface area contributed by atoms with Gasteiger partial charge in [-0.05, 0) is 19.3 Å². The Bertz CT molecular complexity index is 362. The second-order valence-corrected chi connectivity index (χ2v) is 3.77. The van der Waals surface area contributed by atoms with E-state index in [1.807, 2.05) is 6.92 Å². The highest BCUT2D eigenvalue weighted by Gasteiger charge is 2.15. The molecule has 1 aromatic rings. The van der Waals surface area contributed by atoms with Crippen LogP contribution in [-0.2, 0) is 11.2 Å². The zero-order valence-electron chi connectivity index (χ0n) is 10.4. The normalized spacial score (nSPS) is 10.5. The van der Waals surface area contributed by atoms with E-state index in [0.717, 1.165) is 25.0 Å². The fourth-order valence-electron chi connectivity index (χ4n) is 1.49. The van der Waals surface area contributed by atoms with Gasteiger partial charge in [0.25, 0.3) is 5.91 Å². The smallest absolute Gasteiger partial charge is 0.273 e. The third-order valence-corrected chi connectivity index (χ3v) is 2.51. The summed E-state index contributed by atoms with van der Waals surface area (Å²) in [6.45, 7) is 3.27. The molecule has 0 spiro atoms. The molecule has 6 heteroatoms. The van der Waals surface area contributed by atoms with Crippen molar-refractivity contribution in [1.29, 1.82) is 0 Å². The molecule has 96 valence electrons. The number of carbonyl (C=O) groups is 1. The number of aromatic amines is 1. The van der Waals surface area contributed by atoms with Gasteiger partial charge >= 0.3 is 0 Å². The van der Waals surface area contributed by atoms with Crippen LogP contribution in [0.1, 0.15) is 35.9 Å². The SMILES string of the molecule is CCc1[nH]nc(C(=O)NCCCCOC)c1N. The molecule has 6 nitrogen and oxygen atoms in total. The van der Waals surface area contributed by atoms with Gasteiger partial charge in [0.2, 0.25) is 0 Å². The molecule has 0 aromatic carbocycles. The highest BCUT2D eigenvalue weighted by atomic mass is 16.5. The molecule has 0 fully saturated rings. The number of aromatic nitrogens is 2. The summed E-state index contributed by atoms with van der Waals surface area (Å²) in [5.41, 5.74) is 7.32. The van der Waals surface area contributed by atoms with Crippen molar-refractivity contribution in [2.24, 2.45) is 0 Å². The second-order valence-electron chi connectivity index (χ2n) is 3.77. The first-order chi connectivity index (χ1) is 8.20. The van der Waals surface area contributed by atoms with Crippen molar-refractivity contribution >= 4 is 11.6 Å². The second kappa shape index (κ2) is 6.90. The highest BCUT2D eigenvalue weighted by molar-refractivity contribution is 5.97. The maximum absolute atomic E-state index is 11.7. The predicted molar refractivity (Wildman–Crippen MR) is 65.8 cm³/mol. The lowest BCUT2D eigenvalue weighted by molar-refractivity contribution is 0.0947. The number of unbranched alkanes of at least 4 members (excludes halogenated alkanes) is 1. The number of nitrogens with one attached hydrogen (secondary N) is 2. The average Bonchev–Trinajstić information content (AvgIpc) is 2.70. The van der Waals surface area contributed by atoms with E-state index in [4.69, 9.17) is 10.5 Å². The fourth-order valence-corrected chi connectivity index (χ4v) is 1.49. The number of anilines is 1. The number of H-pyrrole nitrogens is 1. The predicted octanol–water partition coefficient (Wildman–Crippen LogP) is 0.711. The number of nitrogen functional groups attached to an aromatic ring is 1. The Morgan fingerprint density at radius 1 is 1.53 bits per heavy atom. The van der Waals surface area contributed by atoms with Crippen molar-refractivity contribution in [3.63, 3.8) is 0 Å². The Hall–Kier alpha value is -1.56. The third-order valence-electron chi connectivity index (χ3n) is 2.51. The van der Waals surface area contributed by atoms with E-state index in [1.54, 1.807) is 7.11 Å².